The molecule has 0 radical (unpaired) electrons. The standard InChI is InChI=1S/C12H22N4OS2/c1-2-17-8-3-5-14-11(13)15-6-4-9-18-12-16-7-10-19-12/h7,10H,2-6,8-9H2,1H3,(H3,13,14,15). The maximum absolute atomic E-state index is 5.75. The SMILES string of the molecule is CCOCCCNC(N)=NCCCSc1nccs1. The number of hydrogen-bond acceptors (Lipinski definition) is 5. The predicted octanol–water partition coefficient (Wildman–Crippen LogP) is 1.96. The molecule has 1 heterocycles. The normalized spacial score (nSPS) is 11.7. The van der Waals surface area contributed by atoms with Crippen LogP contribution >= 0.6 is 23.1 Å². The highest BCUT2D eigenvalue weighted by atomic mass is 32.2. The van der Waals surface area contributed by atoms with Crippen molar-refractivity contribution in [2.75, 3.05) is 32.1 Å². The molecule has 0 atom stereocenters. The van der Waals surface area contributed by atoms with Gasteiger partial charge in [0.15, 0.2) is 5.96 Å². The molecule has 0 aliphatic rings. The van der Waals surface area contributed by atoms with E-state index in [1.54, 1.807) is 23.1 Å². The lowest BCUT2D eigenvalue weighted by molar-refractivity contribution is 0.145. The van der Waals surface area contributed by atoms with Crippen molar-refractivity contribution in [1.29, 1.82) is 0 Å². The van der Waals surface area contributed by atoms with Crippen LogP contribution in [0.25, 0.3) is 0 Å². The van der Waals surface area contributed by atoms with Crippen LogP contribution < -0.4 is 11.1 Å². The number of rotatable bonds is 10. The van der Waals surface area contributed by atoms with Crippen molar-refractivity contribution in [3.05, 3.63) is 11.6 Å². The molecule has 0 aliphatic heterocycles. The lowest BCUT2D eigenvalue weighted by Crippen LogP contribution is -2.33. The molecule has 0 saturated heterocycles. The Hall–Kier alpha value is -0.790. The smallest absolute Gasteiger partial charge is 0.188 e. The van der Waals surface area contributed by atoms with Gasteiger partial charge in [-0.05, 0) is 19.8 Å². The van der Waals surface area contributed by atoms with Gasteiger partial charge in [-0.1, -0.05) is 11.8 Å². The first kappa shape index (κ1) is 16.3. The number of ether oxygens (including phenoxy) is 1. The Morgan fingerprint density at radius 1 is 1.58 bits per heavy atom. The highest BCUT2D eigenvalue weighted by Gasteiger charge is 1.96. The van der Waals surface area contributed by atoms with Crippen LogP contribution in [0.4, 0.5) is 0 Å². The minimum Gasteiger partial charge on any atom is -0.382 e. The number of aromatic nitrogens is 1. The zero-order valence-corrected chi connectivity index (χ0v) is 12.9. The minimum absolute atomic E-state index is 0.524. The number of thiazole rings is 1. The van der Waals surface area contributed by atoms with Crippen molar-refractivity contribution in [1.82, 2.24) is 10.3 Å². The van der Waals surface area contributed by atoms with Gasteiger partial charge in [0.05, 0.1) is 0 Å². The van der Waals surface area contributed by atoms with Crippen molar-refractivity contribution >= 4 is 29.1 Å². The first-order valence-electron chi connectivity index (χ1n) is 6.46. The summed E-state index contributed by atoms with van der Waals surface area (Å²) in [4.78, 5) is 8.48. The highest BCUT2D eigenvalue weighted by Crippen LogP contribution is 2.20. The Bertz CT molecular complexity index is 344. The molecule has 0 fully saturated rings. The van der Waals surface area contributed by atoms with Crippen LogP contribution in [0.1, 0.15) is 19.8 Å². The van der Waals surface area contributed by atoms with Gasteiger partial charge in [0.25, 0.3) is 0 Å². The predicted molar refractivity (Wildman–Crippen MR) is 83.1 cm³/mol. The fourth-order valence-corrected chi connectivity index (χ4v) is 2.93. The minimum atomic E-state index is 0.524. The van der Waals surface area contributed by atoms with E-state index in [-0.39, 0.29) is 0 Å². The maximum atomic E-state index is 5.75. The molecule has 0 aliphatic carbocycles. The van der Waals surface area contributed by atoms with Crippen LogP contribution in [0.3, 0.4) is 0 Å². The van der Waals surface area contributed by atoms with E-state index in [0.29, 0.717) is 5.96 Å². The van der Waals surface area contributed by atoms with Crippen LogP contribution in [-0.4, -0.2) is 43.0 Å². The summed E-state index contributed by atoms with van der Waals surface area (Å²) in [6, 6.07) is 0. The summed E-state index contributed by atoms with van der Waals surface area (Å²) in [6.07, 6.45) is 3.78. The summed E-state index contributed by atoms with van der Waals surface area (Å²) in [7, 11) is 0. The van der Waals surface area contributed by atoms with Crippen molar-refractivity contribution in [2.24, 2.45) is 10.7 Å². The number of hydrogen-bond donors (Lipinski definition) is 2. The third-order valence-electron chi connectivity index (χ3n) is 2.20. The van der Waals surface area contributed by atoms with Gasteiger partial charge in [-0.2, -0.15) is 0 Å². The van der Waals surface area contributed by atoms with Crippen molar-refractivity contribution in [3.63, 3.8) is 0 Å². The molecule has 3 N–H and O–H groups in total. The van der Waals surface area contributed by atoms with Gasteiger partial charge in [0.1, 0.15) is 4.34 Å². The van der Waals surface area contributed by atoms with E-state index in [1.165, 1.54) is 0 Å². The summed E-state index contributed by atoms with van der Waals surface area (Å²) in [5.41, 5.74) is 5.75. The van der Waals surface area contributed by atoms with Crippen molar-refractivity contribution in [3.8, 4) is 0 Å². The van der Waals surface area contributed by atoms with Crippen LogP contribution in [0, 0.1) is 0 Å². The van der Waals surface area contributed by atoms with Crippen LogP contribution in [0.2, 0.25) is 0 Å². The molecule has 0 aromatic carbocycles. The average Bonchev–Trinajstić information content (AvgIpc) is 2.91. The summed E-state index contributed by atoms with van der Waals surface area (Å²) in [5.74, 6) is 1.55. The van der Waals surface area contributed by atoms with E-state index in [4.69, 9.17) is 10.5 Å². The van der Waals surface area contributed by atoms with Gasteiger partial charge >= 0.3 is 0 Å². The van der Waals surface area contributed by atoms with Gasteiger partial charge in [0.2, 0.25) is 0 Å². The first-order chi connectivity index (χ1) is 9.33. The third-order valence-corrected chi connectivity index (χ3v) is 4.25. The molecule has 19 heavy (non-hydrogen) atoms. The van der Waals surface area contributed by atoms with Crippen molar-refractivity contribution in [2.45, 2.75) is 24.1 Å². The second-order valence-electron chi connectivity index (χ2n) is 3.74. The first-order valence-corrected chi connectivity index (χ1v) is 8.33. The Labute approximate surface area is 123 Å². The van der Waals surface area contributed by atoms with Gasteiger partial charge in [-0.15, -0.1) is 11.3 Å². The number of aliphatic imine (C=N–C) groups is 1. The molecular weight excluding hydrogens is 280 g/mol. The molecule has 1 aromatic heterocycles. The molecule has 5 nitrogen and oxygen atoms in total. The lowest BCUT2D eigenvalue weighted by Gasteiger charge is -2.05. The van der Waals surface area contributed by atoms with E-state index in [0.717, 1.165) is 49.2 Å². The monoisotopic (exact) mass is 302 g/mol. The zero-order chi connectivity index (χ0) is 13.8. The van der Waals surface area contributed by atoms with Gasteiger partial charge in [-0.3, -0.25) is 4.99 Å². The van der Waals surface area contributed by atoms with E-state index in [1.807, 2.05) is 18.5 Å². The molecule has 0 bridgehead atoms. The van der Waals surface area contributed by atoms with Crippen LogP contribution in [-0.2, 0) is 4.74 Å². The van der Waals surface area contributed by atoms with Crippen LogP contribution in [0.5, 0.6) is 0 Å². The maximum Gasteiger partial charge on any atom is 0.188 e. The fourth-order valence-electron chi connectivity index (χ4n) is 1.30. The van der Waals surface area contributed by atoms with E-state index in [9.17, 15) is 0 Å². The Kier molecular flexibility index (Phi) is 9.48. The molecule has 0 saturated carbocycles. The number of thioether (sulfide) groups is 1. The molecule has 0 unspecified atom stereocenters. The largest absolute Gasteiger partial charge is 0.382 e. The summed E-state index contributed by atoms with van der Waals surface area (Å²) in [6.45, 7) is 5.08. The molecular formula is C12H22N4OS2. The summed E-state index contributed by atoms with van der Waals surface area (Å²) >= 11 is 3.44. The highest BCUT2D eigenvalue weighted by molar-refractivity contribution is 8.00. The number of nitrogens with one attached hydrogen (secondary N) is 1. The number of guanidine groups is 1. The van der Waals surface area contributed by atoms with Gasteiger partial charge in [0, 0.05) is 43.6 Å². The Balaban J connectivity index is 1.95. The third kappa shape index (κ3) is 8.85. The fraction of sp³-hybridized carbons (Fsp3) is 0.667. The van der Waals surface area contributed by atoms with E-state index < -0.39 is 0 Å². The molecule has 108 valence electrons. The van der Waals surface area contributed by atoms with Gasteiger partial charge in [-0.25, -0.2) is 4.98 Å². The second kappa shape index (κ2) is 11.1. The number of nitrogens with zero attached hydrogens (tertiary/aromatic N) is 2. The number of nitrogens with two attached hydrogens (primary N) is 1. The van der Waals surface area contributed by atoms with Gasteiger partial charge < -0.3 is 15.8 Å². The molecule has 7 heteroatoms. The topological polar surface area (TPSA) is 72.5 Å². The molecule has 1 aromatic rings. The average molecular weight is 302 g/mol. The zero-order valence-electron chi connectivity index (χ0n) is 11.3. The van der Waals surface area contributed by atoms with E-state index in [2.05, 4.69) is 15.3 Å². The summed E-state index contributed by atoms with van der Waals surface area (Å²) in [5, 5.41) is 5.07. The summed E-state index contributed by atoms with van der Waals surface area (Å²) < 4.78 is 6.35. The quantitative estimate of drug-likeness (QED) is 0.299. The lowest BCUT2D eigenvalue weighted by atomic mass is 10.4. The molecule has 1 rings (SSSR count). The molecule has 0 spiro atoms. The van der Waals surface area contributed by atoms with Crippen molar-refractivity contribution < 1.29 is 4.74 Å². The Morgan fingerprint density at radius 2 is 2.47 bits per heavy atom. The Morgan fingerprint density at radius 3 is 3.21 bits per heavy atom. The van der Waals surface area contributed by atoms with E-state index >= 15 is 0 Å². The molecule has 0 amide bonds. The second-order valence-corrected chi connectivity index (χ2v) is 5.98. The van der Waals surface area contributed by atoms with Crippen LogP contribution in [0.15, 0.2) is 20.9 Å².